The number of methoxy groups -OCH3 is 1. The summed E-state index contributed by atoms with van der Waals surface area (Å²) < 4.78 is 12.1. The van der Waals surface area contributed by atoms with Crippen LogP contribution in [0.15, 0.2) is 64.3 Å². The molecule has 8 heteroatoms. The fraction of sp³-hybridized carbons (Fsp3) is 0.136. The van der Waals surface area contributed by atoms with Gasteiger partial charge in [-0.05, 0) is 52.7 Å². The summed E-state index contributed by atoms with van der Waals surface area (Å²) in [4.78, 5) is 16.0. The first-order chi connectivity index (χ1) is 14.5. The highest BCUT2D eigenvalue weighted by Gasteiger charge is 2.11. The highest BCUT2D eigenvalue weighted by molar-refractivity contribution is 9.10. The van der Waals surface area contributed by atoms with Crippen LogP contribution < -0.4 is 14.9 Å². The molecule has 0 aliphatic carbocycles. The van der Waals surface area contributed by atoms with Gasteiger partial charge in [0.2, 0.25) is 0 Å². The van der Waals surface area contributed by atoms with Crippen molar-refractivity contribution in [2.75, 3.05) is 7.11 Å². The van der Waals surface area contributed by atoms with Gasteiger partial charge in [0.1, 0.15) is 11.8 Å². The third-order valence-corrected chi connectivity index (χ3v) is 5.16. The van der Waals surface area contributed by atoms with E-state index in [1.807, 2.05) is 31.2 Å². The van der Waals surface area contributed by atoms with Crippen LogP contribution >= 0.6 is 27.5 Å². The van der Waals surface area contributed by atoms with Gasteiger partial charge in [-0.25, -0.2) is 10.4 Å². The summed E-state index contributed by atoms with van der Waals surface area (Å²) in [6.45, 7) is 2.46. The molecule has 0 saturated carbocycles. The Morgan fingerprint density at radius 2 is 2.00 bits per heavy atom. The van der Waals surface area contributed by atoms with Crippen molar-refractivity contribution < 1.29 is 14.3 Å². The van der Waals surface area contributed by atoms with Gasteiger partial charge in [-0.1, -0.05) is 41.4 Å². The van der Waals surface area contributed by atoms with Crippen molar-refractivity contribution in [3.63, 3.8) is 0 Å². The lowest BCUT2D eigenvalue weighted by atomic mass is 10.2. The summed E-state index contributed by atoms with van der Waals surface area (Å²) >= 11 is 9.42. The van der Waals surface area contributed by atoms with Crippen LogP contribution in [0.25, 0.3) is 0 Å². The molecule has 2 aromatic carbocycles. The predicted octanol–water partition coefficient (Wildman–Crippen LogP) is 5.16. The number of benzene rings is 2. The number of pyridine rings is 1. The Kier molecular flexibility index (Phi) is 7.43. The SMILES string of the molecule is COc1cc(C=NNC(=O)c2cccnc2Cl)c(Br)cc1OCc1ccc(C)cc1. The Balaban J connectivity index is 1.70. The van der Waals surface area contributed by atoms with E-state index in [2.05, 4.69) is 31.4 Å². The number of nitrogens with zero attached hydrogens (tertiary/aromatic N) is 2. The molecule has 6 nitrogen and oxygen atoms in total. The number of ether oxygens (including phenoxy) is 2. The third kappa shape index (κ3) is 5.58. The van der Waals surface area contributed by atoms with Gasteiger partial charge in [-0.2, -0.15) is 5.10 Å². The van der Waals surface area contributed by atoms with E-state index in [-0.39, 0.29) is 10.7 Å². The van der Waals surface area contributed by atoms with Crippen LogP contribution in [-0.2, 0) is 6.61 Å². The van der Waals surface area contributed by atoms with Crippen molar-refractivity contribution in [1.29, 1.82) is 0 Å². The number of hydrogen-bond donors (Lipinski definition) is 1. The highest BCUT2D eigenvalue weighted by Crippen LogP contribution is 2.33. The second-order valence-electron chi connectivity index (χ2n) is 6.34. The van der Waals surface area contributed by atoms with Crippen molar-refractivity contribution in [1.82, 2.24) is 10.4 Å². The van der Waals surface area contributed by atoms with E-state index < -0.39 is 5.91 Å². The van der Waals surface area contributed by atoms with Gasteiger partial charge in [-0.3, -0.25) is 4.79 Å². The second kappa shape index (κ2) is 10.2. The van der Waals surface area contributed by atoms with Crippen LogP contribution in [0.4, 0.5) is 0 Å². The number of hydrazone groups is 1. The predicted molar refractivity (Wildman–Crippen MR) is 121 cm³/mol. The molecule has 0 radical (unpaired) electrons. The summed E-state index contributed by atoms with van der Waals surface area (Å²) in [5, 5.41) is 4.10. The molecule has 0 atom stereocenters. The monoisotopic (exact) mass is 487 g/mol. The number of halogens is 2. The number of carbonyl (C=O) groups is 1. The highest BCUT2D eigenvalue weighted by atomic mass is 79.9. The number of hydrogen-bond acceptors (Lipinski definition) is 5. The average Bonchev–Trinajstić information content (AvgIpc) is 2.74. The van der Waals surface area contributed by atoms with E-state index >= 15 is 0 Å². The largest absolute Gasteiger partial charge is 0.493 e. The molecule has 30 heavy (non-hydrogen) atoms. The molecular weight excluding hydrogens is 470 g/mol. The Morgan fingerprint density at radius 3 is 2.70 bits per heavy atom. The maximum Gasteiger partial charge on any atom is 0.274 e. The normalized spacial score (nSPS) is 10.8. The minimum Gasteiger partial charge on any atom is -0.493 e. The Labute approximate surface area is 188 Å². The summed E-state index contributed by atoms with van der Waals surface area (Å²) in [6, 6.07) is 14.9. The zero-order valence-corrected chi connectivity index (χ0v) is 18.7. The summed E-state index contributed by atoms with van der Waals surface area (Å²) in [6.07, 6.45) is 3.01. The lowest BCUT2D eigenvalue weighted by molar-refractivity contribution is 0.0955. The standard InChI is InChI=1S/C22H19BrClN3O3/c1-14-5-7-15(8-6-14)13-30-20-11-18(23)16(10-19(20)29-2)12-26-27-22(28)17-4-3-9-25-21(17)24/h3-12H,13H2,1-2H3,(H,27,28). The molecule has 1 heterocycles. The minimum atomic E-state index is -0.453. The van der Waals surface area contributed by atoms with Crippen molar-refractivity contribution >= 4 is 39.7 Å². The molecule has 0 aliphatic heterocycles. The van der Waals surface area contributed by atoms with Crippen molar-refractivity contribution in [3.05, 3.63) is 86.6 Å². The lowest BCUT2D eigenvalue weighted by Gasteiger charge is -2.13. The van der Waals surface area contributed by atoms with Crippen molar-refractivity contribution in [2.24, 2.45) is 5.10 Å². The van der Waals surface area contributed by atoms with Gasteiger partial charge in [-0.15, -0.1) is 0 Å². The van der Waals surface area contributed by atoms with Gasteiger partial charge < -0.3 is 9.47 Å². The molecule has 1 amide bonds. The number of aromatic nitrogens is 1. The molecule has 0 saturated heterocycles. The first-order valence-electron chi connectivity index (χ1n) is 8.97. The molecular formula is C22H19BrClN3O3. The van der Waals surface area contributed by atoms with E-state index in [0.29, 0.717) is 23.7 Å². The Morgan fingerprint density at radius 1 is 1.23 bits per heavy atom. The van der Waals surface area contributed by atoms with E-state index in [0.717, 1.165) is 10.0 Å². The quantitative estimate of drug-likeness (QED) is 0.283. The lowest BCUT2D eigenvalue weighted by Crippen LogP contribution is -2.18. The molecule has 3 rings (SSSR count). The Hall–Kier alpha value is -2.90. The van der Waals surface area contributed by atoms with E-state index in [1.165, 1.54) is 18.0 Å². The van der Waals surface area contributed by atoms with E-state index in [4.69, 9.17) is 21.1 Å². The van der Waals surface area contributed by atoms with Gasteiger partial charge in [0.15, 0.2) is 11.5 Å². The van der Waals surface area contributed by atoms with Gasteiger partial charge >= 0.3 is 0 Å². The number of nitrogens with one attached hydrogen (secondary N) is 1. The van der Waals surface area contributed by atoms with Gasteiger partial charge in [0, 0.05) is 16.2 Å². The molecule has 154 valence electrons. The number of rotatable bonds is 7. The summed E-state index contributed by atoms with van der Waals surface area (Å²) in [5.74, 6) is 0.687. The minimum absolute atomic E-state index is 0.114. The van der Waals surface area contributed by atoms with Crippen LogP contribution in [0.2, 0.25) is 5.15 Å². The fourth-order valence-electron chi connectivity index (χ4n) is 2.54. The van der Waals surface area contributed by atoms with Gasteiger partial charge in [0.25, 0.3) is 5.91 Å². The fourth-order valence-corrected chi connectivity index (χ4v) is 3.17. The second-order valence-corrected chi connectivity index (χ2v) is 7.55. The molecule has 0 aliphatic rings. The van der Waals surface area contributed by atoms with Crippen LogP contribution in [0.3, 0.4) is 0 Å². The summed E-state index contributed by atoms with van der Waals surface area (Å²) in [7, 11) is 1.56. The summed E-state index contributed by atoms with van der Waals surface area (Å²) in [5.41, 5.74) is 5.63. The third-order valence-electron chi connectivity index (χ3n) is 4.17. The zero-order valence-electron chi connectivity index (χ0n) is 16.4. The first-order valence-corrected chi connectivity index (χ1v) is 10.1. The molecule has 0 unspecified atom stereocenters. The molecule has 3 aromatic rings. The van der Waals surface area contributed by atoms with Crippen molar-refractivity contribution in [3.8, 4) is 11.5 Å². The van der Waals surface area contributed by atoms with Gasteiger partial charge in [0.05, 0.1) is 18.9 Å². The smallest absolute Gasteiger partial charge is 0.274 e. The molecule has 0 fully saturated rings. The van der Waals surface area contributed by atoms with Crippen LogP contribution in [-0.4, -0.2) is 24.2 Å². The number of aryl methyl sites for hydroxylation is 1. The molecule has 1 aromatic heterocycles. The maximum absolute atomic E-state index is 12.2. The average molecular weight is 489 g/mol. The number of carbonyl (C=O) groups excluding carboxylic acids is 1. The van der Waals surface area contributed by atoms with Crippen LogP contribution in [0.1, 0.15) is 27.0 Å². The molecule has 1 N–H and O–H groups in total. The molecule has 0 spiro atoms. The first kappa shape index (κ1) is 21.8. The Bertz CT molecular complexity index is 1070. The zero-order chi connectivity index (χ0) is 21.5. The topological polar surface area (TPSA) is 72.8 Å². The van der Waals surface area contributed by atoms with Crippen LogP contribution in [0, 0.1) is 6.92 Å². The van der Waals surface area contributed by atoms with E-state index in [1.54, 1.807) is 31.4 Å². The van der Waals surface area contributed by atoms with Crippen molar-refractivity contribution in [2.45, 2.75) is 13.5 Å². The van der Waals surface area contributed by atoms with E-state index in [9.17, 15) is 4.79 Å². The number of amides is 1. The molecule has 0 bridgehead atoms. The van der Waals surface area contributed by atoms with Crippen LogP contribution in [0.5, 0.6) is 11.5 Å². The maximum atomic E-state index is 12.2.